The molecule has 3 aromatic rings. The van der Waals surface area contributed by atoms with Crippen molar-refractivity contribution in [1.82, 2.24) is 20.6 Å². The first-order valence-corrected chi connectivity index (χ1v) is 6.98. The van der Waals surface area contributed by atoms with Gasteiger partial charge in [0.25, 0.3) is 0 Å². The summed E-state index contributed by atoms with van der Waals surface area (Å²) in [5.74, 6) is 0.682. The van der Waals surface area contributed by atoms with E-state index in [1.807, 2.05) is 54.6 Å². The number of tetrazole rings is 1. The van der Waals surface area contributed by atoms with Crippen LogP contribution in [0.4, 0.5) is 0 Å². The quantitative estimate of drug-likeness (QED) is 0.736. The topological polar surface area (TPSA) is 71.5 Å². The standard InChI is InChI=1S/C17H12N4O/c22-16-14(10-13-3-1-2-4-15(13)16)9-11-5-7-12(8-6-11)17-18-20-21-19-17/h1-9H,10H2,(H,18,19,20,21)/b14-9+. The molecule has 1 aromatic heterocycles. The smallest absolute Gasteiger partial charge is 0.204 e. The lowest BCUT2D eigenvalue weighted by molar-refractivity contribution is 0.104. The number of nitrogens with zero attached hydrogens (tertiary/aromatic N) is 3. The summed E-state index contributed by atoms with van der Waals surface area (Å²) < 4.78 is 0. The number of hydrogen-bond acceptors (Lipinski definition) is 4. The van der Waals surface area contributed by atoms with Crippen molar-refractivity contribution in [2.24, 2.45) is 0 Å². The van der Waals surface area contributed by atoms with E-state index in [2.05, 4.69) is 20.6 Å². The van der Waals surface area contributed by atoms with Crippen molar-refractivity contribution in [3.8, 4) is 11.4 Å². The summed E-state index contributed by atoms with van der Waals surface area (Å²) in [5, 5.41) is 13.9. The monoisotopic (exact) mass is 288 g/mol. The number of carbonyl (C=O) groups excluding carboxylic acids is 1. The van der Waals surface area contributed by atoms with E-state index in [-0.39, 0.29) is 5.78 Å². The molecule has 0 bridgehead atoms. The molecule has 0 saturated heterocycles. The Morgan fingerprint density at radius 1 is 1.05 bits per heavy atom. The largest absolute Gasteiger partial charge is 0.289 e. The average Bonchev–Trinajstić information content (AvgIpc) is 3.18. The molecular weight excluding hydrogens is 276 g/mol. The maximum absolute atomic E-state index is 12.4. The third-order valence-electron chi connectivity index (χ3n) is 3.79. The highest BCUT2D eigenvalue weighted by Gasteiger charge is 2.23. The van der Waals surface area contributed by atoms with Gasteiger partial charge in [-0.1, -0.05) is 48.5 Å². The number of H-pyrrole nitrogens is 1. The van der Waals surface area contributed by atoms with E-state index in [4.69, 9.17) is 0 Å². The van der Waals surface area contributed by atoms with E-state index >= 15 is 0 Å². The van der Waals surface area contributed by atoms with Crippen LogP contribution in [0.5, 0.6) is 0 Å². The Labute approximate surface area is 126 Å². The van der Waals surface area contributed by atoms with Crippen molar-refractivity contribution in [3.05, 3.63) is 70.8 Å². The average molecular weight is 288 g/mol. The molecule has 1 aliphatic rings. The van der Waals surface area contributed by atoms with Crippen LogP contribution in [0.25, 0.3) is 17.5 Å². The second-order valence-electron chi connectivity index (χ2n) is 5.19. The van der Waals surface area contributed by atoms with Crippen molar-refractivity contribution < 1.29 is 4.79 Å². The van der Waals surface area contributed by atoms with Gasteiger partial charge >= 0.3 is 0 Å². The Morgan fingerprint density at radius 2 is 1.86 bits per heavy atom. The fourth-order valence-electron chi connectivity index (χ4n) is 2.68. The van der Waals surface area contributed by atoms with E-state index < -0.39 is 0 Å². The summed E-state index contributed by atoms with van der Waals surface area (Å²) in [4.78, 5) is 12.4. The summed E-state index contributed by atoms with van der Waals surface area (Å²) >= 11 is 0. The van der Waals surface area contributed by atoms with Gasteiger partial charge in [-0.3, -0.25) is 4.79 Å². The number of ketones is 1. The molecule has 4 rings (SSSR count). The third-order valence-corrected chi connectivity index (χ3v) is 3.79. The number of nitrogens with one attached hydrogen (secondary N) is 1. The van der Waals surface area contributed by atoms with Gasteiger partial charge in [0.2, 0.25) is 5.82 Å². The minimum Gasteiger partial charge on any atom is -0.289 e. The second-order valence-corrected chi connectivity index (χ2v) is 5.19. The molecule has 5 nitrogen and oxygen atoms in total. The Hall–Kier alpha value is -3.08. The number of aromatic amines is 1. The first-order chi connectivity index (χ1) is 10.8. The molecule has 0 amide bonds. The summed E-state index contributed by atoms with van der Waals surface area (Å²) in [6.07, 6.45) is 2.64. The molecule has 0 atom stereocenters. The van der Waals surface area contributed by atoms with Crippen LogP contribution in [0.1, 0.15) is 21.5 Å². The van der Waals surface area contributed by atoms with Crippen molar-refractivity contribution in [2.45, 2.75) is 6.42 Å². The summed E-state index contributed by atoms with van der Waals surface area (Å²) in [5.41, 5.74) is 4.62. The second kappa shape index (κ2) is 5.04. The van der Waals surface area contributed by atoms with Gasteiger partial charge in [0.05, 0.1) is 0 Å². The van der Waals surface area contributed by atoms with E-state index in [9.17, 15) is 4.79 Å². The van der Waals surface area contributed by atoms with Crippen LogP contribution in [-0.2, 0) is 6.42 Å². The molecule has 22 heavy (non-hydrogen) atoms. The van der Waals surface area contributed by atoms with Crippen molar-refractivity contribution >= 4 is 11.9 Å². The Morgan fingerprint density at radius 3 is 2.59 bits per heavy atom. The van der Waals surface area contributed by atoms with Gasteiger partial charge < -0.3 is 0 Å². The van der Waals surface area contributed by atoms with Crippen molar-refractivity contribution in [2.75, 3.05) is 0 Å². The molecule has 1 heterocycles. The lowest BCUT2D eigenvalue weighted by Gasteiger charge is -1.99. The van der Waals surface area contributed by atoms with Crippen LogP contribution >= 0.6 is 0 Å². The zero-order valence-electron chi connectivity index (χ0n) is 11.7. The molecule has 2 aromatic carbocycles. The predicted octanol–water partition coefficient (Wildman–Crippen LogP) is 2.69. The van der Waals surface area contributed by atoms with Gasteiger partial charge in [-0.25, -0.2) is 0 Å². The fraction of sp³-hybridized carbons (Fsp3) is 0.0588. The van der Waals surface area contributed by atoms with E-state index in [1.54, 1.807) is 0 Å². The minimum atomic E-state index is 0.123. The fourth-order valence-corrected chi connectivity index (χ4v) is 2.68. The number of allylic oxidation sites excluding steroid dienone is 1. The van der Waals surface area contributed by atoms with Crippen molar-refractivity contribution in [1.29, 1.82) is 0 Å². The lowest BCUT2D eigenvalue weighted by Crippen LogP contribution is -1.94. The Kier molecular flexibility index (Phi) is 2.89. The SMILES string of the molecule is O=C1/C(=C/c2ccc(-c3nn[nH]n3)cc2)Cc2ccccc21. The lowest BCUT2D eigenvalue weighted by atomic mass is 10.1. The highest BCUT2D eigenvalue weighted by molar-refractivity contribution is 6.15. The number of fused-ring (bicyclic) bond motifs is 1. The predicted molar refractivity (Wildman–Crippen MR) is 82.1 cm³/mol. The Balaban J connectivity index is 1.63. The van der Waals surface area contributed by atoms with Crippen LogP contribution < -0.4 is 0 Å². The molecule has 0 spiro atoms. The normalized spacial score (nSPS) is 15.3. The highest BCUT2D eigenvalue weighted by Crippen LogP contribution is 2.27. The van der Waals surface area contributed by atoms with Crippen molar-refractivity contribution in [3.63, 3.8) is 0 Å². The molecule has 5 heteroatoms. The number of aromatic nitrogens is 4. The highest BCUT2D eigenvalue weighted by atomic mass is 16.1. The molecule has 1 N–H and O–H groups in total. The van der Waals surface area contributed by atoms with E-state index in [1.165, 1.54) is 0 Å². The molecule has 0 radical (unpaired) electrons. The number of carbonyl (C=O) groups is 1. The van der Waals surface area contributed by atoms with E-state index in [0.29, 0.717) is 12.2 Å². The molecule has 1 aliphatic carbocycles. The number of hydrogen-bond donors (Lipinski definition) is 1. The zero-order chi connectivity index (χ0) is 14.9. The summed E-state index contributed by atoms with van der Waals surface area (Å²) in [7, 11) is 0. The molecule has 0 fully saturated rings. The molecular formula is C17H12N4O. The van der Waals surface area contributed by atoms with Crippen LogP contribution in [0.15, 0.2) is 54.1 Å². The number of rotatable bonds is 2. The number of Topliss-reactive ketones (excluding diaryl/α,β-unsaturated/α-hetero) is 1. The molecule has 0 saturated carbocycles. The number of benzene rings is 2. The first-order valence-electron chi connectivity index (χ1n) is 6.98. The van der Waals surface area contributed by atoms with Gasteiger partial charge in [0.1, 0.15) is 0 Å². The zero-order valence-corrected chi connectivity index (χ0v) is 11.7. The minimum absolute atomic E-state index is 0.123. The van der Waals surface area contributed by atoms with Gasteiger partial charge in [-0.2, -0.15) is 5.21 Å². The van der Waals surface area contributed by atoms with Crippen LogP contribution in [-0.4, -0.2) is 26.4 Å². The summed E-state index contributed by atoms with van der Waals surface area (Å²) in [6.45, 7) is 0. The Bertz CT molecular complexity index is 864. The van der Waals surface area contributed by atoms with Crippen LogP contribution in [0.2, 0.25) is 0 Å². The van der Waals surface area contributed by atoms with Gasteiger partial charge in [-0.05, 0) is 22.4 Å². The first kappa shape index (κ1) is 12.6. The van der Waals surface area contributed by atoms with Gasteiger partial charge in [0, 0.05) is 23.1 Å². The molecule has 0 unspecified atom stereocenters. The summed E-state index contributed by atoms with van der Waals surface area (Å²) in [6, 6.07) is 15.5. The van der Waals surface area contributed by atoms with Crippen LogP contribution in [0.3, 0.4) is 0 Å². The maximum atomic E-state index is 12.4. The van der Waals surface area contributed by atoms with Gasteiger partial charge in [-0.15, -0.1) is 10.2 Å². The molecule has 0 aliphatic heterocycles. The molecule has 106 valence electrons. The maximum Gasteiger partial charge on any atom is 0.204 e. The third kappa shape index (κ3) is 2.13. The van der Waals surface area contributed by atoms with E-state index in [0.717, 1.165) is 27.8 Å². The van der Waals surface area contributed by atoms with Gasteiger partial charge in [0.15, 0.2) is 5.78 Å². The van der Waals surface area contributed by atoms with Crippen LogP contribution in [0, 0.1) is 0 Å².